The molecule has 0 bridgehead atoms. The van der Waals surface area contributed by atoms with Crippen LogP contribution in [0, 0.1) is 18.8 Å². The second kappa shape index (κ2) is 37.6. The molecule has 0 radical (unpaired) electrons. The van der Waals surface area contributed by atoms with Crippen molar-refractivity contribution >= 4 is 11.9 Å². The molecule has 240 valence electrons. The van der Waals surface area contributed by atoms with E-state index >= 15 is 0 Å². The molecule has 0 fully saturated rings. The van der Waals surface area contributed by atoms with Crippen LogP contribution >= 0.6 is 0 Å². The molecular formula is C35H63O6-. The summed E-state index contributed by atoms with van der Waals surface area (Å²) in [4.78, 5) is 21.6. The Morgan fingerprint density at radius 3 is 1.63 bits per heavy atom. The van der Waals surface area contributed by atoms with Crippen LogP contribution in [0.25, 0.3) is 0 Å². The number of esters is 1. The first-order valence-electron chi connectivity index (χ1n) is 15.5. The zero-order valence-corrected chi connectivity index (χ0v) is 27.0. The molecule has 3 N–H and O–H groups in total. The monoisotopic (exact) mass is 579 g/mol. The van der Waals surface area contributed by atoms with Crippen molar-refractivity contribution in [3.8, 4) is 0 Å². The van der Waals surface area contributed by atoms with Crippen LogP contribution in [-0.2, 0) is 14.3 Å². The number of carboxylic acid groups (broad SMARTS) is 1. The third-order valence-corrected chi connectivity index (χ3v) is 6.29. The Balaban J connectivity index is -0.000000225. The van der Waals surface area contributed by atoms with E-state index in [0.717, 1.165) is 51.4 Å². The SMILES string of the molecule is C=CCCCCCCCCCO.C=CCOC(=O)C(CC)CCC.CCCC(CC)C(=O)O.Cc1ccccc1.[OH-]. The first-order chi connectivity index (χ1) is 19.3. The van der Waals surface area contributed by atoms with Crippen LogP contribution in [0.5, 0.6) is 0 Å². The summed E-state index contributed by atoms with van der Waals surface area (Å²) < 4.78 is 4.94. The molecule has 0 amide bonds. The van der Waals surface area contributed by atoms with Crippen LogP contribution in [0.15, 0.2) is 55.6 Å². The number of carbonyl (C=O) groups is 2. The summed E-state index contributed by atoms with van der Waals surface area (Å²) in [5.41, 5.74) is 1.32. The predicted molar refractivity (Wildman–Crippen MR) is 174 cm³/mol. The molecule has 6 heteroatoms. The summed E-state index contributed by atoms with van der Waals surface area (Å²) in [5.74, 6) is -0.774. The first-order valence-corrected chi connectivity index (χ1v) is 15.5. The van der Waals surface area contributed by atoms with Crippen molar-refractivity contribution in [2.75, 3.05) is 13.2 Å². The third kappa shape index (κ3) is 35.5. The van der Waals surface area contributed by atoms with Crippen LogP contribution in [0.3, 0.4) is 0 Å². The molecule has 6 nitrogen and oxygen atoms in total. The Labute approximate surface area is 252 Å². The molecule has 0 spiro atoms. The molecule has 0 saturated carbocycles. The predicted octanol–water partition coefficient (Wildman–Crippen LogP) is 9.54. The minimum atomic E-state index is -0.653. The number of rotatable bonds is 19. The molecule has 1 aromatic rings. The van der Waals surface area contributed by atoms with Crippen molar-refractivity contribution in [2.24, 2.45) is 11.8 Å². The molecule has 0 aromatic heterocycles. The number of hydrogen-bond acceptors (Lipinski definition) is 5. The molecule has 1 rings (SSSR count). The Hall–Kier alpha value is -2.44. The number of carboxylic acids is 1. The second-order valence-electron chi connectivity index (χ2n) is 9.98. The Kier molecular flexibility index (Phi) is 41.7. The van der Waals surface area contributed by atoms with Crippen molar-refractivity contribution in [3.05, 3.63) is 61.2 Å². The van der Waals surface area contributed by atoms with E-state index in [-0.39, 0.29) is 23.3 Å². The smallest absolute Gasteiger partial charge is 0.309 e. The topological polar surface area (TPSA) is 114 Å². The van der Waals surface area contributed by atoms with Crippen molar-refractivity contribution in [1.82, 2.24) is 0 Å². The molecule has 1 aromatic carbocycles. The van der Waals surface area contributed by atoms with E-state index in [2.05, 4.69) is 39.1 Å². The van der Waals surface area contributed by atoms with Gasteiger partial charge in [0.25, 0.3) is 0 Å². The minimum Gasteiger partial charge on any atom is -0.870 e. The van der Waals surface area contributed by atoms with Gasteiger partial charge < -0.3 is 20.4 Å². The summed E-state index contributed by atoms with van der Waals surface area (Å²) in [6.45, 7) is 18.0. The molecule has 2 atom stereocenters. The number of benzene rings is 1. The maximum atomic E-state index is 11.3. The van der Waals surface area contributed by atoms with Gasteiger partial charge in [-0.1, -0.05) is 127 Å². The summed E-state index contributed by atoms with van der Waals surface area (Å²) in [5, 5.41) is 17.0. The fraction of sp³-hybridized carbons (Fsp3) is 0.657. The number of aryl methyl sites for hydroxylation is 1. The number of aliphatic hydroxyl groups excluding tert-OH is 1. The van der Waals surface area contributed by atoms with Gasteiger partial charge in [-0.05, 0) is 51.9 Å². The summed E-state index contributed by atoms with van der Waals surface area (Å²) in [6.07, 6.45) is 18.9. The van der Waals surface area contributed by atoms with Gasteiger partial charge in [0, 0.05) is 6.61 Å². The molecule has 0 heterocycles. The van der Waals surface area contributed by atoms with Crippen molar-refractivity contribution in [3.63, 3.8) is 0 Å². The van der Waals surface area contributed by atoms with Crippen LogP contribution < -0.4 is 0 Å². The van der Waals surface area contributed by atoms with E-state index < -0.39 is 5.97 Å². The number of allylic oxidation sites excluding steroid dienone is 1. The van der Waals surface area contributed by atoms with Gasteiger partial charge in [0.15, 0.2) is 0 Å². The average Bonchev–Trinajstić information content (AvgIpc) is 2.96. The molecule has 0 saturated heterocycles. The summed E-state index contributed by atoms with van der Waals surface area (Å²) in [6, 6.07) is 10.3. The highest BCUT2D eigenvalue weighted by atomic mass is 16.5. The molecular weight excluding hydrogens is 516 g/mol. The number of aliphatic carboxylic acids is 1. The Morgan fingerprint density at radius 1 is 0.805 bits per heavy atom. The highest BCUT2D eigenvalue weighted by Gasteiger charge is 2.15. The lowest BCUT2D eigenvalue weighted by molar-refractivity contribution is -0.147. The number of carbonyl (C=O) groups excluding carboxylic acids is 1. The average molecular weight is 580 g/mol. The van der Waals surface area contributed by atoms with Gasteiger partial charge in [-0.2, -0.15) is 0 Å². The van der Waals surface area contributed by atoms with E-state index in [9.17, 15) is 9.59 Å². The lowest BCUT2D eigenvalue weighted by Crippen LogP contribution is -2.16. The standard InChI is InChI=1S/C11H22O.C10H18O2.C7H14O2.C7H8.H2O/c1-2-3-4-5-6-7-8-9-10-11-12;1-4-7-9(6-3)10(11)12-8-5-2;1-3-5-6(4-2)7(8)9;1-7-5-3-2-4-6-7;/h2,12H,1,3-11H2;5,9H,2,4,6-8H2,1,3H3;6H,3-5H2,1-2H3,(H,8,9);2-6H,1H3;1H2/p-1. The van der Waals surface area contributed by atoms with E-state index in [1.807, 2.05) is 45.0 Å². The van der Waals surface area contributed by atoms with Crippen LogP contribution in [0.2, 0.25) is 0 Å². The maximum absolute atomic E-state index is 11.3. The van der Waals surface area contributed by atoms with Gasteiger partial charge in [-0.3, -0.25) is 9.59 Å². The highest BCUT2D eigenvalue weighted by Crippen LogP contribution is 2.12. The fourth-order valence-corrected chi connectivity index (χ4v) is 3.77. The van der Waals surface area contributed by atoms with Crippen LogP contribution in [0.4, 0.5) is 0 Å². The molecule has 2 unspecified atom stereocenters. The lowest BCUT2D eigenvalue weighted by Gasteiger charge is -2.11. The van der Waals surface area contributed by atoms with Crippen molar-refractivity contribution < 1.29 is 30.0 Å². The lowest BCUT2D eigenvalue weighted by atomic mass is 10.0. The zero-order chi connectivity index (χ0) is 30.9. The number of aliphatic hydroxyl groups is 1. The third-order valence-electron chi connectivity index (χ3n) is 6.29. The highest BCUT2D eigenvalue weighted by molar-refractivity contribution is 5.72. The van der Waals surface area contributed by atoms with Gasteiger partial charge >= 0.3 is 11.9 Å². The van der Waals surface area contributed by atoms with Crippen molar-refractivity contribution in [2.45, 2.75) is 125 Å². The Bertz CT molecular complexity index is 689. The fourth-order valence-electron chi connectivity index (χ4n) is 3.77. The van der Waals surface area contributed by atoms with Gasteiger partial charge in [-0.25, -0.2) is 0 Å². The van der Waals surface area contributed by atoms with Gasteiger partial charge in [-0.15, -0.1) is 6.58 Å². The van der Waals surface area contributed by atoms with E-state index in [0.29, 0.717) is 13.2 Å². The second-order valence-corrected chi connectivity index (χ2v) is 9.98. The molecule has 41 heavy (non-hydrogen) atoms. The summed E-state index contributed by atoms with van der Waals surface area (Å²) in [7, 11) is 0. The summed E-state index contributed by atoms with van der Waals surface area (Å²) >= 11 is 0. The quantitative estimate of drug-likeness (QED) is 0.0958. The first kappa shape index (κ1) is 45.5. The maximum Gasteiger partial charge on any atom is 0.309 e. The number of ether oxygens (including phenoxy) is 1. The largest absolute Gasteiger partial charge is 0.870 e. The minimum absolute atomic E-state index is 0. The van der Waals surface area contributed by atoms with E-state index in [1.54, 1.807) is 6.08 Å². The van der Waals surface area contributed by atoms with Gasteiger partial charge in [0.05, 0.1) is 11.8 Å². The number of hydrogen-bond donors (Lipinski definition) is 2. The molecule has 0 aliphatic carbocycles. The van der Waals surface area contributed by atoms with E-state index in [4.69, 9.17) is 14.9 Å². The zero-order valence-electron chi connectivity index (χ0n) is 27.0. The normalized spacial score (nSPS) is 10.9. The van der Waals surface area contributed by atoms with Gasteiger partial charge in [0.1, 0.15) is 6.61 Å². The molecule has 0 aliphatic heterocycles. The van der Waals surface area contributed by atoms with Gasteiger partial charge in [0.2, 0.25) is 0 Å². The van der Waals surface area contributed by atoms with E-state index in [1.165, 1.54) is 44.1 Å². The van der Waals surface area contributed by atoms with Crippen LogP contribution in [0.1, 0.15) is 123 Å². The number of unbranched alkanes of at least 4 members (excludes halogenated alkanes) is 7. The van der Waals surface area contributed by atoms with Crippen LogP contribution in [-0.4, -0.2) is 40.8 Å². The molecule has 0 aliphatic rings. The van der Waals surface area contributed by atoms with Crippen molar-refractivity contribution in [1.29, 1.82) is 0 Å². The Morgan fingerprint density at radius 2 is 1.29 bits per heavy atom.